The fourth-order valence-electron chi connectivity index (χ4n) is 2.30. The van der Waals surface area contributed by atoms with Crippen molar-refractivity contribution in [2.75, 3.05) is 17.7 Å². The highest BCUT2D eigenvalue weighted by Gasteiger charge is 2.25. The number of ether oxygens (including phenoxy) is 1. The predicted octanol–water partition coefficient (Wildman–Crippen LogP) is 3.22. The van der Waals surface area contributed by atoms with Crippen molar-refractivity contribution in [1.82, 2.24) is 10.2 Å². The summed E-state index contributed by atoms with van der Waals surface area (Å²) >= 11 is 1.60. The first-order chi connectivity index (χ1) is 10.6. The first-order valence-electron chi connectivity index (χ1n) is 7.31. The highest BCUT2D eigenvalue weighted by Crippen LogP contribution is 2.40. The van der Waals surface area contributed by atoms with Gasteiger partial charge < -0.3 is 10.1 Å². The quantitative estimate of drug-likeness (QED) is 0.908. The van der Waals surface area contributed by atoms with Gasteiger partial charge in [0, 0.05) is 5.56 Å². The molecule has 2 heterocycles. The second-order valence-corrected chi connectivity index (χ2v) is 6.81. The highest BCUT2D eigenvalue weighted by atomic mass is 32.2. The van der Waals surface area contributed by atoms with E-state index < -0.39 is 0 Å². The topological polar surface area (TPSA) is 67.0 Å². The van der Waals surface area contributed by atoms with Crippen molar-refractivity contribution in [2.24, 2.45) is 5.92 Å². The van der Waals surface area contributed by atoms with Crippen LogP contribution in [0.4, 0.5) is 5.82 Å². The molecule has 5 nitrogen and oxygen atoms in total. The number of H-pyrrole nitrogens is 1. The SMILES string of the molecule is CC(C)COc1ccc([C@@H]2SCC(=O)Nc3[nH]ncc32)cc1. The van der Waals surface area contributed by atoms with Gasteiger partial charge in [0.2, 0.25) is 5.91 Å². The Hall–Kier alpha value is -1.95. The smallest absolute Gasteiger partial charge is 0.235 e. The average molecular weight is 317 g/mol. The molecule has 1 atom stereocenters. The summed E-state index contributed by atoms with van der Waals surface area (Å²) < 4.78 is 5.71. The number of fused-ring (bicyclic) bond motifs is 1. The molecule has 1 aromatic heterocycles. The van der Waals surface area contributed by atoms with Gasteiger partial charge in [0.25, 0.3) is 0 Å². The van der Waals surface area contributed by atoms with Gasteiger partial charge in [0.1, 0.15) is 11.6 Å². The van der Waals surface area contributed by atoms with E-state index in [0.717, 1.165) is 16.9 Å². The van der Waals surface area contributed by atoms with E-state index >= 15 is 0 Å². The summed E-state index contributed by atoms with van der Waals surface area (Å²) in [6.45, 7) is 4.96. The third-order valence-electron chi connectivity index (χ3n) is 3.36. The predicted molar refractivity (Wildman–Crippen MR) is 88.3 cm³/mol. The zero-order valence-corrected chi connectivity index (χ0v) is 13.4. The van der Waals surface area contributed by atoms with Crippen molar-refractivity contribution < 1.29 is 9.53 Å². The molecule has 0 saturated carbocycles. The van der Waals surface area contributed by atoms with Crippen LogP contribution in [0.3, 0.4) is 0 Å². The number of thioether (sulfide) groups is 1. The number of hydrogen-bond acceptors (Lipinski definition) is 4. The lowest BCUT2D eigenvalue weighted by Gasteiger charge is -2.15. The first kappa shape index (κ1) is 15.0. The summed E-state index contributed by atoms with van der Waals surface area (Å²) in [7, 11) is 0. The molecule has 0 saturated heterocycles. The molecule has 116 valence electrons. The molecular formula is C16H19N3O2S. The van der Waals surface area contributed by atoms with E-state index in [1.807, 2.05) is 12.1 Å². The van der Waals surface area contributed by atoms with Crippen LogP contribution in [0.2, 0.25) is 0 Å². The average Bonchev–Trinajstić information content (AvgIpc) is 2.88. The third-order valence-corrected chi connectivity index (χ3v) is 4.65. The number of carbonyl (C=O) groups is 1. The standard InChI is InChI=1S/C16H19N3O2S/c1-10(2)8-21-12-5-3-11(4-6-12)15-13-7-17-19-16(13)18-14(20)9-22-15/h3-7,10,15H,8-9H2,1-2H3,(H2,17,18,19,20)/t15-/m0/s1. The summed E-state index contributed by atoms with van der Waals surface area (Å²) in [6.07, 6.45) is 1.78. The molecule has 3 rings (SSSR count). The van der Waals surface area contributed by atoms with Gasteiger partial charge in [-0.3, -0.25) is 9.89 Å². The van der Waals surface area contributed by atoms with E-state index in [1.165, 1.54) is 0 Å². The molecule has 0 bridgehead atoms. The van der Waals surface area contributed by atoms with Crippen molar-refractivity contribution in [2.45, 2.75) is 19.1 Å². The van der Waals surface area contributed by atoms with E-state index in [-0.39, 0.29) is 11.2 Å². The largest absolute Gasteiger partial charge is 0.493 e. The molecule has 1 amide bonds. The van der Waals surface area contributed by atoms with Gasteiger partial charge in [0.05, 0.1) is 23.8 Å². The first-order valence-corrected chi connectivity index (χ1v) is 8.36. The molecule has 0 radical (unpaired) electrons. The summed E-state index contributed by atoms with van der Waals surface area (Å²) in [5.41, 5.74) is 2.15. The summed E-state index contributed by atoms with van der Waals surface area (Å²) in [5.74, 6) is 2.49. The second-order valence-electron chi connectivity index (χ2n) is 5.71. The Morgan fingerprint density at radius 1 is 1.36 bits per heavy atom. The molecule has 22 heavy (non-hydrogen) atoms. The van der Waals surface area contributed by atoms with Gasteiger partial charge in [-0.2, -0.15) is 5.10 Å². The number of rotatable bonds is 4. The van der Waals surface area contributed by atoms with Crippen molar-refractivity contribution in [1.29, 1.82) is 0 Å². The zero-order chi connectivity index (χ0) is 15.5. The molecule has 0 aliphatic carbocycles. The lowest BCUT2D eigenvalue weighted by Crippen LogP contribution is -2.12. The van der Waals surface area contributed by atoms with Crippen LogP contribution in [0.5, 0.6) is 5.75 Å². The Morgan fingerprint density at radius 3 is 2.86 bits per heavy atom. The van der Waals surface area contributed by atoms with Gasteiger partial charge in [-0.05, 0) is 23.6 Å². The molecule has 1 aromatic carbocycles. The number of benzene rings is 1. The fraction of sp³-hybridized carbons (Fsp3) is 0.375. The molecule has 0 spiro atoms. The number of nitrogens with one attached hydrogen (secondary N) is 2. The lowest BCUT2D eigenvalue weighted by molar-refractivity contribution is -0.113. The van der Waals surface area contributed by atoms with E-state index in [4.69, 9.17) is 4.74 Å². The Balaban J connectivity index is 1.81. The molecule has 1 aliphatic rings. The minimum atomic E-state index is -0.00473. The Morgan fingerprint density at radius 2 is 2.14 bits per heavy atom. The zero-order valence-electron chi connectivity index (χ0n) is 12.6. The number of hydrogen-bond donors (Lipinski definition) is 2. The summed E-state index contributed by atoms with van der Waals surface area (Å²) in [6, 6.07) is 8.08. The molecule has 0 fully saturated rings. The second kappa shape index (κ2) is 6.44. The van der Waals surface area contributed by atoms with E-state index in [2.05, 4.69) is 41.5 Å². The number of aromatic amines is 1. The van der Waals surface area contributed by atoms with Gasteiger partial charge in [-0.1, -0.05) is 26.0 Å². The number of carbonyl (C=O) groups excluding carboxylic acids is 1. The molecule has 2 aromatic rings. The Bertz CT molecular complexity index is 652. The van der Waals surface area contributed by atoms with Crippen LogP contribution in [0.15, 0.2) is 30.5 Å². The molecule has 2 N–H and O–H groups in total. The van der Waals surface area contributed by atoms with E-state index in [0.29, 0.717) is 24.1 Å². The summed E-state index contributed by atoms with van der Waals surface area (Å²) in [5, 5.41) is 9.83. The van der Waals surface area contributed by atoms with Crippen molar-refractivity contribution >= 4 is 23.5 Å². The van der Waals surface area contributed by atoms with E-state index in [9.17, 15) is 4.79 Å². The number of amides is 1. The monoisotopic (exact) mass is 317 g/mol. The summed E-state index contributed by atoms with van der Waals surface area (Å²) in [4.78, 5) is 11.7. The Labute approximate surface area is 133 Å². The van der Waals surface area contributed by atoms with Crippen molar-refractivity contribution in [3.05, 3.63) is 41.6 Å². The number of anilines is 1. The van der Waals surface area contributed by atoms with Gasteiger partial charge in [-0.25, -0.2) is 0 Å². The number of aromatic nitrogens is 2. The molecule has 0 unspecified atom stereocenters. The van der Waals surface area contributed by atoms with Gasteiger partial charge in [0.15, 0.2) is 0 Å². The lowest BCUT2D eigenvalue weighted by atomic mass is 10.1. The minimum Gasteiger partial charge on any atom is -0.493 e. The van der Waals surface area contributed by atoms with Gasteiger partial charge in [-0.15, -0.1) is 11.8 Å². The minimum absolute atomic E-state index is 0.00473. The van der Waals surface area contributed by atoms with Crippen LogP contribution < -0.4 is 10.1 Å². The molecule has 1 aliphatic heterocycles. The fourth-order valence-corrected chi connectivity index (χ4v) is 3.39. The van der Waals surface area contributed by atoms with Crippen molar-refractivity contribution in [3.8, 4) is 5.75 Å². The van der Waals surface area contributed by atoms with Crippen LogP contribution >= 0.6 is 11.8 Å². The maximum Gasteiger partial charge on any atom is 0.235 e. The van der Waals surface area contributed by atoms with Crippen LogP contribution in [-0.2, 0) is 4.79 Å². The van der Waals surface area contributed by atoms with Crippen LogP contribution in [-0.4, -0.2) is 28.5 Å². The van der Waals surface area contributed by atoms with Gasteiger partial charge >= 0.3 is 0 Å². The van der Waals surface area contributed by atoms with Crippen LogP contribution in [0.25, 0.3) is 0 Å². The maximum atomic E-state index is 11.7. The number of nitrogens with zero attached hydrogens (tertiary/aromatic N) is 1. The Kier molecular flexibility index (Phi) is 4.38. The molecular weight excluding hydrogens is 298 g/mol. The normalized spacial score (nSPS) is 17.8. The third kappa shape index (κ3) is 3.27. The molecule has 6 heteroatoms. The maximum absolute atomic E-state index is 11.7. The van der Waals surface area contributed by atoms with Crippen LogP contribution in [0.1, 0.15) is 30.2 Å². The van der Waals surface area contributed by atoms with Crippen molar-refractivity contribution in [3.63, 3.8) is 0 Å². The van der Waals surface area contributed by atoms with E-state index in [1.54, 1.807) is 18.0 Å². The highest BCUT2D eigenvalue weighted by molar-refractivity contribution is 8.00. The van der Waals surface area contributed by atoms with Crippen LogP contribution in [0, 0.1) is 5.92 Å².